The Bertz CT molecular complexity index is 385. The lowest BCUT2D eigenvalue weighted by Gasteiger charge is -2.28. The first-order valence-corrected chi connectivity index (χ1v) is 9.05. The Kier molecular flexibility index (Phi) is 5.22. The molecule has 0 bridgehead atoms. The van der Waals surface area contributed by atoms with E-state index in [0.717, 1.165) is 39.1 Å². The minimum absolute atomic E-state index is 0.192. The van der Waals surface area contributed by atoms with E-state index in [0.29, 0.717) is 23.5 Å². The second-order valence-electron chi connectivity index (χ2n) is 5.85. The van der Waals surface area contributed by atoms with Crippen LogP contribution in [0, 0.1) is 5.92 Å². The molecule has 3 atom stereocenters. The molecule has 2 fully saturated rings. The Balaban J connectivity index is 1.83. The van der Waals surface area contributed by atoms with E-state index in [1.807, 2.05) is 7.05 Å². The second kappa shape index (κ2) is 6.52. The van der Waals surface area contributed by atoms with Crippen molar-refractivity contribution in [1.29, 1.82) is 0 Å². The third-order valence-corrected chi connectivity index (χ3v) is 5.96. The summed E-state index contributed by atoms with van der Waals surface area (Å²) in [6.45, 7) is 5.66. The van der Waals surface area contributed by atoms with Gasteiger partial charge in [0.05, 0.1) is 24.7 Å². The van der Waals surface area contributed by atoms with Gasteiger partial charge in [-0.25, -0.2) is 8.42 Å². The summed E-state index contributed by atoms with van der Waals surface area (Å²) in [7, 11) is -0.748. The predicted molar refractivity (Wildman–Crippen MR) is 76.1 cm³/mol. The molecule has 0 aromatic carbocycles. The molecule has 6 heteroatoms. The van der Waals surface area contributed by atoms with Crippen LogP contribution in [0.5, 0.6) is 0 Å². The minimum Gasteiger partial charge on any atom is -0.379 e. The van der Waals surface area contributed by atoms with Crippen molar-refractivity contribution in [2.24, 2.45) is 5.92 Å². The quantitative estimate of drug-likeness (QED) is 0.753. The van der Waals surface area contributed by atoms with Gasteiger partial charge in [0.1, 0.15) is 0 Å². The molecule has 0 radical (unpaired) electrons. The van der Waals surface area contributed by atoms with Crippen molar-refractivity contribution >= 4 is 9.84 Å². The highest BCUT2D eigenvalue weighted by atomic mass is 32.2. The van der Waals surface area contributed by atoms with Gasteiger partial charge >= 0.3 is 0 Å². The largest absolute Gasteiger partial charge is 0.379 e. The van der Waals surface area contributed by atoms with Crippen molar-refractivity contribution in [3.63, 3.8) is 0 Å². The fourth-order valence-electron chi connectivity index (χ4n) is 2.98. The molecule has 2 aliphatic heterocycles. The van der Waals surface area contributed by atoms with Crippen LogP contribution in [0.4, 0.5) is 0 Å². The van der Waals surface area contributed by atoms with E-state index >= 15 is 0 Å². The van der Waals surface area contributed by atoms with Gasteiger partial charge in [-0.2, -0.15) is 0 Å². The summed E-state index contributed by atoms with van der Waals surface area (Å²) in [6, 6.07) is 0.609. The molecule has 0 aromatic heterocycles. The molecule has 0 saturated carbocycles. The lowest BCUT2D eigenvalue weighted by molar-refractivity contribution is 0.164. The molecule has 0 spiro atoms. The van der Waals surface area contributed by atoms with Gasteiger partial charge in [0.2, 0.25) is 0 Å². The van der Waals surface area contributed by atoms with E-state index < -0.39 is 9.84 Å². The first-order valence-electron chi connectivity index (χ1n) is 7.23. The highest BCUT2D eigenvalue weighted by molar-refractivity contribution is 7.91. The summed E-state index contributed by atoms with van der Waals surface area (Å²) in [5, 5.41) is 3.52. The van der Waals surface area contributed by atoms with Crippen LogP contribution in [0.25, 0.3) is 0 Å². The SMILES string of the molecule is CCCNC1COCC1CN(C)C1CCS(=O)(=O)C1. The monoisotopic (exact) mass is 290 g/mol. The topological polar surface area (TPSA) is 58.6 Å². The third kappa shape index (κ3) is 4.15. The molecule has 0 aliphatic carbocycles. The number of nitrogens with one attached hydrogen (secondary N) is 1. The van der Waals surface area contributed by atoms with Crippen molar-refractivity contribution in [2.45, 2.75) is 31.8 Å². The maximum absolute atomic E-state index is 11.5. The molecule has 5 nitrogen and oxygen atoms in total. The third-order valence-electron chi connectivity index (χ3n) is 4.21. The number of sulfone groups is 1. The molecular formula is C13H26N2O3S. The van der Waals surface area contributed by atoms with E-state index in [1.165, 1.54) is 0 Å². The van der Waals surface area contributed by atoms with E-state index in [4.69, 9.17) is 4.74 Å². The predicted octanol–water partition coefficient (Wildman–Crippen LogP) is 0.120. The number of hydrogen-bond acceptors (Lipinski definition) is 5. The summed E-state index contributed by atoms with van der Waals surface area (Å²) in [5.74, 6) is 1.14. The zero-order valence-corrected chi connectivity index (χ0v) is 12.8. The molecule has 0 aromatic rings. The standard InChI is InChI=1S/C13H26N2O3S/c1-3-5-14-13-9-18-8-11(13)7-15(2)12-4-6-19(16,17)10-12/h11-14H,3-10H2,1-2H3. The maximum atomic E-state index is 11.5. The molecule has 0 amide bonds. The highest BCUT2D eigenvalue weighted by Crippen LogP contribution is 2.20. The number of ether oxygens (including phenoxy) is 1. The van der Waals surface area contributed by atoms with Crippen molar-refractivity contribution in [3.8, 4) is 0 Å². The van der Waals surface area contributed by atoms with Crippen molar-refractivity contribution in [1.82, 2.24) is 10.2 Å². The number of hydrogen-bond donors (Lipinski definition) is 1. The Labute approximate surface area is 116 Å². The molecule has 3 unspecified atom stereocenters. The second-order valence-corrected chi connectivity index (χ2v) is 8.08. The molecule has 2 aliphatic rings. The van der Waals surface area contributed by atoms with Gasteiger partial charge in [0.15, 0.2) is 9.84 Å². The Morgan fingerprint density at radius 1 is 1.37 bits per heavy atom. The van der Waals surface area contributed by atoms with Crippen LogP contribution in [-0.2, 0) is 14.6 Å². The average molecular weight is 290 g/mol. The average Bonchev–Trinajstić information content (AvgIpc) is 2.93. The molecule has 2 heterocycles. The van der Waals surface area contributed by atoms with Crippen molar-refractivity contribution in [2.75, 3.05) is 44.9 Å². The van der Waals surface area contributed by atoms with Crippen LogP contribution in [-0.4, -0.2) is 70.3 Å². The van der Waals surface area contributed by atoms with Crippen LogP contribution >= 0.6 is 0 Å². The lowest BCUT2D eigenvalue weighted by atomic mass is 10.0. The van der Waals surface area contributed by atoms with Gasteiger partial charge in [0, 0.05) is 24.5 Å². The first kappa shape index (κ1) is 15.2. The van der Waals surface area contributed by atoms with Crippen LogP contribution in [0.1, 0.15) is 19.8 Å². The Morgan fingerprint density at radius 2 is 2.16 bits per heavy atom. The zero-order valence-electron chi connectivity index (χ0n) is 12.0. The van der Waals surface area contributed by atoms with E-state index in [9.17, 15) is 8.42 Å². The lowest BCUT2D eigenvalue weighted by Crippen LogP contribution is -2.44. The Morgan fingerprint density at radius 3 is 2.79 bits per heavy atom. The summed E-state index contributed by atoms with van der Waals surface area (Å²) >= 11 is 0. The Hall–Kier alpha value is -0.170. The normalized spacial score (nSPS) is 34.2. The van der Waals surface area contributed by atoms with E-state index in [2.05, 4.69) is 17.1 Å². The van der Waals surface area contributed by atoms with E-state index in [1.54, 1.807) is 0 Å². The van der Waals surface area contributed by atoms with Gasteiger partial charge in [-0.1, -0.05) is 6.92 Å². The molecule has 2 saturated heterocycles. The molecule has 19 heavy (non-hydrogen) atoms. The summed E-state index contributed by atoms with van der Waals surface area (Å²) in [5.41, 5.74) is 0. The van der Waals surface area contributed by atoms with Gasteiger partial charge in [0.25, 0.3) is 0 Å². The fraction of sp³-hybridized carbons (Fsp3) is 1.00. The molecule has 1 N–H and O–H groups in total. The van der Waals surface area contributed by atoms with Gasteiger partial charge in [-0.15, -0.1) is 0 Å². The molecular weight excluding hydrogens is 264 g/mol. The van der Waals surface area contributed by atoms with E-state index in [-0.39, 0.29) is 6.04 Å². The number of nitrogens with zero attached hydrogens (tertiary/aromatic N) is 1. The minimum atomic E-state index is -2.79. The fourth-order valence-corrected chi connectivity index (χ4v) is 4.78. The zero-order chi connectivity index (χ0) is 13.9. The van der Waals surface area contributed by atoms with Crippen LogP contribution in [0.2, 0.25) is 0 Å². The summed E-state index contributed by atoms with van der Waals surface area (Å²) in [4.78, 5) is 2.21. The molecule has 112 valence electrons. The van der Waals surface area contributed by atoms with Gasteiger partial charge < -0.3 is 15.0 Å². The van der Waals surface area contributed by atoms with Crippen LogP contribution in [0.15, 0.2) is 0 Å². The van der Waals surface area contributed by atoms with Gasteiger partial charge in [-0.05, 0) is 26.4 Å². The van der Waals surface area contributed by atoms with Crippen molar-refractivity contribution < 1.29 is 13.2 Å². The van der Waals surface area contributed by atoms with Crippen LogP contribution in [0.3, 0.4) is 0 Å². The maximum Gasteiger partial charge on any atom is 0.151 e. The summed E-state index contributed by atoms with van der Waals surface area (Å²) in [6.07, 6.45) is 1.90. The van der Waals surface area contributed by atoms with Crippen molar-refractivity contribution in [3.05, 3.63) is 0 Å². The molecule has 2 rings (SSSR count). The smallest absolute Gasteiger partial charge is 0.151 e. The first-order chi connectivity index (χ1) is 9.02. The summed E-state index contributed by atoms with van der Waals surface area (Å²) < 4.78 is 28.6. The highest BCUT2D eigenvalue weighted by Gasteiger charge is 2.34. The number of rotatable bonds is 6. The van der Waals surface area contributed by atoms with Crippen LogP contribution < -0.4 is 5.32 Å². The van der Waals surface area contributed by atoms with Gasteiger partial charge in [-0.3, -0.25) is 0 Å².